The summed E-state index contributed by atoms with van der Waals surface area (Å²) in [7, 11) is -9.92. The molecule has 0 aromatic carbocycles. The molecule has 0 saturated carbocycles. The van der Waals surface area contributed by atoms with Gasteiger partial charge < -0.3 is 33.8 Å². The summed E-state index contributed by atoms with van der Waals surface area (Å²) >= 11 is 0. The molecule has 0 aromatic heterocycles. The van der Waals surface area contributed by atoms with Crippen LogP contribution in [-0.4, -0.2) is 96.7 Å². The topological polar surface area (TPSA) is 237 Å². The maximum Gasteiger partial charge on any atom is 0.472 e. The van der Waals surface area contributed by atoms with Crippen molar-refractivity contribution >= 4 is 39.5 Å². The molecule has 0 rings (SSSR count). The number of hydrogen-bond acceptors (Lipinski definition) is 15. The second-order valence-corrected chi connectivity index (χ2v) is 34.4. The fraction of sp³-hybridized carbons (Fsp3) is 0.952. The van der Waals surface area contributed by atoms with E-state index in [1.165, 1.54) is 225 Å². The number of unbranched alkanes of at least 4 members (excludes halogenated alkanes) is 45. The van der Waals surface area contributed by atoms with E-state index in [-0.39, 0.29) is 25.7 Å². The molecule has 0 saturated heterocycles. The van der Waals surface area contributed by atoms with Crippen LogP contribution in [0.4, 0.5) is 0 Å². The van der Waals surface area contributed by atoms with E-state index in [0.29, 0.717) is 37.5 Å². The predicted octanol–water partition coefficient (Wildman–Crippen LogP) is 24.8. The summed E-state index contributed by atoms with van der Waals surface area (Å²) in [6.45, 7) is 14.2. The smallest absolute Gasteiger partial charge is 0.462 e. The van der Waals surface area contributed by atoms with Crippen LogP contribution in [0.5, 0.6) is 0 Å². The molecule has 0 amide bonds. The number of ether oxygens (including phenoxy) is 4. The minimum Gasteiger partial charge on any atom is -0.462 e. The van der Waals surface area contributed by atoms with Crippen LogP contribution in [0.1, 0.15) is 428 Å². The summed E-state index contributed by atoms with van der Waals surface area (Å²) in [5, 5.41) is 10.6. The highest BCUT2D eigenvalue weighted by molar-refractivity contribution is 7.47. The van der Waals surface area contributed by atoms with E-state index in [2.05, 4.69) is 55.4 Å². The number of esters is 4. The number of rotatable bonds is 80. The van der Waals surface area contributed by atoms with Crippen LogP contribution >= 0.6 is 15.6 Å². The molecule has 0 heterocycles. The van der Waals surface area contributed by atoms with Crippen molar-refractivity contribution in [2.24, 2.45) is 23.7 Å². The van der Waals surface area contributed by atoms with Crippen molar-refractivity contribution in [3.63, 3.8) is 0 Å². The molecule has 606 valence electrons. The van der Waals surface area contributed by atoms with Gasteiger partial charge in [0.2, 0.25) is 0 Å². The Hall–Kier alpha value is -1.94. The van der Waals surface area contributed by atoms with Crippen LogP contribution < -0.4 is 0 Å². The van der Waals surface area contributed by atoms with E-state index >= 15 is 0 Å². The Morgan fingerprint density at radius 1 is 0.275 bits per heavy atom. The standard InChI is InChI=1S/C83H162O17P2/c1-9-76(8)62-54-46-37-31-27-23-19-15-11-13-16-20-24-28-32-38-47-55-63-80(85)93-69-78(100-83(88)66-58-50-40-34-36-44-52-60-74(4)5)71-97-101(89,90)95-67-77(84)68-96-102(91,92)98-72-79(70-94-81(86)64-56-48-42-41-45-53-61-75(6)7)99-82(87)65-57-49-39-33-29-25-21-17-12-10-14-18-22-26-30-35-43-51-59-73(2)3/h73-79,84H,9-72H2,1-8H3,(H,89,90)(H,91,92)/t76?,77?,78-,79-/m1/s1. The number of carbonyl (C=O) groups is 4. The van der Waals surface area contributed by atoms with Gasteiger partial charge in [-0.25, -0.2) is 9.13 Å². The van der Waals surface area contributed by atoms with Crippen LogP contribution in [0.3, 0.4) is 0 Å². The first kappa shape index (κ1) is 100. The molecule has 0 aliphatic rings. The summed E-state index contributed by atoms with van der Waals surface area (Å²) < 4.78 is 68.6. The van der Waals surface area contributed by atoms with Crippen LogP contribution in [0, 0.1) is 23.7 Å². The SMILES string of the molecule is CCC(C)CCCCCCCCCCCCCCCCCCCCC(=O)OC[C@H](COP(=O)(O)OCC(O)COP(=O)(O)OC[C@@H](COC(=O)CCCCCCCCC(C)C)OC(=O)CCCCCCCCCCCCCCCCCCCCC(C)C)OC(=O)CCCCCCCCCC(C)C. The van der Waals surface area contributed by atoms with Gasteiger partial charge in [-0.3, -0.25) is 37.3 Å². The van der Waals surface area contributed by atoms with E-state index in [0.717, 1.165) is 108 Å². The molecule has 0 spiro atoms. The zero-order valence-corrected chi connectivity index (χ0v) is 69.0. The van der Waals surface area contributed by atoms with Crippen LogP contribution in [0.2, 0.25) is 0 Å². The molecular formula is C83H162O17P2. The molecule has 17 nitrogen and oxygen atoms in total. The van der Waals surface area contributed by atoms with Crippen molar-refractivity contribution in [3.8, 4) is 0 Å². The highest BCUT2D eigenvalue weighted by Crippen LogP contribution is 2.45. The van der Waals surface area contributed by atoms with E-state index in [1.807, 2.05) is 0 Å². The van der Waals surface area contributed by atoms with Crippen molar-refractivity contribution in [1.82, 2.24) is 0 Å². The number of phosphoric acid groups is 2. The zero-order chi connectivity index (χ0) is 75.3. The number of phosphoric ester groups is 2. The van der Waals surface area contributed by atoms with E-state index in [4.69, 9.17) is 37.0 Å². The first-order valence-electron chi connectivity index (χ1n) is 42.7. The van der Waals surface area contributed by atoms with Gasteiger partial charge in [-0.2, -0.15) is 0 Å². The van der Waals surface area contributed by atoms with Crippen LogP contribution in [0.25, 0.3) is 0 Å². The lowest BCUT2D eigenvalue weighted by Gasteiger charge is -2.21. The Labute approximate surface area is 626 Å². The van der Waals surface area contributed by atoms with E-state index in [9.17, 15) is 43.2 Å². The lowest BCUT2D eigenvalue weighted by atomic mass is 9.99. The summed E-state index contributed by atoms with van der Waals surface area (Å²) in [5.74, 6) is 0.951. The van der Waals surface area contributed by atoms with Gasteiger partial charge in [0.1, 0.15) is 19.3 Å². The third-order valence-corrected chi connectivity index (χ3v) is 21.6. The fourth-order valence-electron chi connectivity index (χ4n) is 12.8. The highest BCUT2D eigenvalue weighted by atomic mass is 31.2. The molecule has 0 fully saturated rings. The number of aliphatic hydroxyl groups excluding tert-OH is 1. The molecule has 0 aromatic rings. The Morgan fingerprint density at radius 2 is 0.471 bits per heavy atom. The molecule has 0 aliphatic carbocycles. The van der Waals surface area contributed by atoms with Gasteiger partial charge in [-0.1, -0.05) is 376 Å². The van der Waals surface area contributed by atoms with Gasteiger partial charge in [0.25, 0.3) is 0 Å². The maximum atomic E-state index is 13.1. The van der Waals surface area contributed by atoms with Gasteiger partial charge in [0.15, 0.2) is 12.2 Å². The zero-order valence-electron chi connectivity index (χ0n) is 67.2. The van der Waals surface area contributed by atoms with Crippen LogP contribution in [-0.2, 0) is 65.4 Å². The Bertz CT molecular complexity index is 1990. The summed E-state index contributed by atoms with van der Waals surface area (Å²) in [4.78, 5) is 72.9. The molecule has 6 atom stereocenters. The third-order valence-electron chi connectivity index (χ3n) is 19.7. The minimum atomic E-state index is -4.96. The Morgan fingerprint density at radius 3 is 0.696 bits per heavy atom. The van der Waals surface area contributed by atoms with E-state index in [1.54, 1.807) is 0 Å². The van der Waals surface area contributed by atoms with Gasteiger partial charge in [-0.15, -0.1) is 0 Å². The predicted molar refractivity (Wildman–Crippen MR) is 418 cm³/mol. The first-order chi connectivity index (χ1) is 49.1. The maximum absolute atomic E-state index is 13.1. The summed E-state index contributed by atoms with van der Waals surface area (Å²) in [6, 6.07) is 0. The second kappa shape index (κ2) is 72.0. The summed E-state index contributed by atoms with van der Waals surface area (Å²) in [5.41, 5.74) is 0. The number of hydrogen-bond donors (Lipinski definition) is 3. The lowest BCUT2D eigenvalue weighted by molar-refractivity contribution is -0.161. The molecule has 0 bridgehead atoms. The van der Waals surface area contributed by atoms with Crippen LogP contribution in [0.15, 0.2) is 0 Å². The first-order valence-corrected chi connectivity index (χ1v) is 45.7. The molecule has 0 radical (unpaired) electrons. The molecule has 4 unspecified atom stereocenters. The molecule has 19 heteroatoms. The lowest BCUT2D eigenvalue weighted by Crippen LogP contribution is -2.30. The largest absolute Gasteiger partial charge is 0.472 e. The average Bonchev–Trinajstić information content (AvgIpc) is 0.913. The van der Waals surface area contributed by atoms with Gasteiger partial charge in [0.05, 0.1) is 26.4 Å². The van der Waals surface area contributed by atoms with Crippen molar-refractivity contribution in [2.45, 2.75) is 446 Å². The average molecular weight is 1490 g/mol. The Kier molecular flexibility index (Phi) is 70.6. The van der Waals surface area contributed by atoms with Crippen molar-refractivity contribution in [1.29, 1.82) is 0 Å². The van der Waals surface area contributed by atoms with Crippen molar-refractivity contribution in [3.05, 3.63) is 0 Å². The molecule has 102 heavy (non-hydrogen) atoms. The van der Waals surface area contributed by atoms with Gasteiger partial charge in [-0.05, 0) is 49.4 Å². The normalized spacial score (nSPS) is 14.3. The van der Waals surface area contributed by atoms with Crippen molar-refractivity contribution in [2.75, 3.05) is 39.6 Å². The number of aliphatic hydroxyl groups is 1. The van der Waals surface area contributed by atoms with Gasteiger partial charge >= 0.3 is 39.5 Å². The third kappa shape index (κ3) is 74.9. The molecular weight excluding hydrogens is 1330 g/mol. The highest BCUT2D eigenvalue weighted by Gasteiger charge is 2.30. The van der Waals surface area contributed by atoms with Gasteiger partial charge in [0, 0.05) is 25.7 Å². The van der Waals surface area contributed by atoms with Crippen molar-refractivity contribution < 1.29 is 80.2 Å². The molecule has 0 aliphatic heterocycles. The quantitative estimate of drug-likeness (QED) is 0.0222. The fourth-order valence-corrected chi connectivity index (χ4v) is 14.3. The summed E-state index contributed by atoms with van der Waals surface area (Å²) in [6.07, 6.45) is 60.2. The number of carbonyl (C=O) groups excluding carboxylic acids is 4. The second-order valence-electron chi connectivity index (χ2n) is 31.5. The Balaban J connectivity index is 5.08. The molecule has 3 N–H and O–H groups in total. The monoisotopic (exact) mass is 1490 g/mol. The van der Waals surface area contributed by atoms with E-state index < -0.39 is 97.5 Å². The minimum absolute atomic E-state index is 0.104.